The van der Waals surface area contributed by atoms with E-state index in [1.165, 1.54) is 20.2 Å². The molecule has 0 aliphatic heterocycles. The monoisotopic (exact) mass is 208 g/mol. The third-order valence-electron chi connectivity index (χ3n) is 1.70. The van der Waals surface area contributed by atoms with Gasteiger partial charge in [-0.2, -0.15) is 0 Å². The Morgan fingerprint density at radius 1 is 1.47 bits per heavy atom. The van der Waals surface area contributed by atoms with Gasteiger partial charge >= 0.3 is 5.97 Å². The third kappa shape index (κ3) is 3.76. The topological polar surface area (TPSA) is 68.3 Å². The van der Waals surface area contributed by atoms with Gasteiger partial charge in [0.15, 0.2) is 0 Å². The van der Waals surface area contributed by atoms with E-state index < -0.39 is 0 Å². The number of nitrogens with zero attached hydrogens (tertiary/aromatic N) is 1. The molecule has 0 fully saturated rings. The Balaban J connectivity index is 2.64. The maximum absolute atomic E-state index is 10.9. The fourth-order valence-electron chi connectivity index (χ4n) is 1.02. The quantitative estimate of drug-likeness (QED) is 0.744. The summed E-state index contributed by atoms with van der Waals surface area (Å²) in [5.74, 6) is -0.0246. The van der Waals surface area contributed by atoms with Gasteiger partial charge < -0.3 is 10.1 Å². The minimum atomic E-state index is -0.316. The largest absolute Gasteiger partial charge is 0.469 e. The summed E-state index contributed by atoms with van der Waals surface area (Å²) in [5.41, 5.74) is 0.746. The van der Waals surface area contributed by atoms with Crippen LogP contribution in [0.4, 0.5) is 5.82 Å². The van der Waals surface area contributed by atoms with Gasteiger partial charge in [0.1, 0.15) is 5.82 Å². The van der Waals surface area contributed by atoms with Crippen molar-refractivity contribution in [1.82, 2.24) is 4.98 Å². The molecule has 1 rings (SSSR count). The van der Waals surface area contributed by atoms with E-state index in [-0.39, 0.29) is 18.3 Å². The van der Waals surface area contributed by atoms with Crippen molar-refractivity contribution in [1.29, 1.82) is 0 Å². The molecule has 1 heterocycles. The first kappa shape index (κ1) is 11.2. The molecule has 0 radical (unpaired) electrons. The summed E-state index contributed by atoms with van der Waals surface area (Å²) in [4.78, 5) is 25.6. The predicted octanol–water partition coefficient (Wildman–Crippen LogP) is 0.755. The Bertz CT molecular complexity index is 359. The number of hydrogen-bond acceptors (Lipinski definition) is 4. The number of esters is 1. The molecule has 1 N–H and O–H groups in total. The fraction of sp³-hybridized carbons (Fsp3) is 0.300. The van der Waals surface area contributed by atoms with Crippen LogP contribution < -0.4 is 5.32 Å². The van der Waals surface area contributed by atoms with Gasteiger partial charge in [0.05, 0.1) is 13.5 Å². The van der Waals surface area contributed by atoms with Gasteiger partial charge in [0, 0.05) is 13.1 Å². The normalized spacial score (nSPS) is 9.47. The van der Waals surface area contributed by atoms with Crippen molar-refractivity contribution >= 4 is 17.7 Å². The summed E-state index contributed by atoms with van der Waals surface area (Å²) in [6.07, 6.45) is 1.71. The second kappa shape index (κ2) is 5.09. The summed E-state index contributed by atoms with van der Waals surface area (Å²) < 4.78 is 4.51. The first-order chi connectivity index (χ1) is 7.11. The number of hydrogen-bond donors (Lipinski definition) is 1. The maximum atomic E-state index is 10.9. The summed E-state index contributed by atoms with van der Waals surface area (Å²) in [6.45, 7) is 1.41. The molecule has 0 spiro atoms. The second-order valence-electron chi connectivity index (χ2n) is 2.99. The van der Waals surface area contributed by atoms with Gasteiger partial charge in [-0.05, 0) is 11.6 Å². The highest BCUT2D eigenvalue weighted by molar-refractivity contribution is 5.87. The van der Waals surface area contributed by atoms with E-state index >= 15 is 0 Å². The van der Waals surface area contributed by atoms with Crippen molar-refractivity contribution in [2.75, 3.05) is 12.4 Å². The number of nitrogens with one attached hydrogen (secondary N) is 1. The number of anilines is 1. The first-order valence-corrected chi connectivity index (χ1v) is 4.41. The number of pyridine rings is 1. The summed E-state index contributed by atoms with van der Waals surface area (Å²) in [6, 6.07) is 3.36. The van der Waals surface area contributed by atoms with E-state index in [1.54, 1.807) is 12.1 Å². The number of carbonyl (C=O) groups is 2. The molecule has 1 amide bonds. The van der Waals surface area contributed by atoms with Crippen molar-refractivity contribution in [2.45, 2.75) is 13.3 Å². The van der Waals surface area contributed by atoms with Crippen molar-refractivity contribution < 1.29 is 14.3 Å². The maximum Gasteiger partial charge on any atom is 0.310 e. The highest BCUT2D eigenvalue weighted by Gasteiger charge is 2.03. The summed E-state index contributed by atoms with van der Waals surface area (Å²) in [5, 5.41) is 2.53. The van der Waals surface area contributed by atoms with Gasteiger partial charge in [0.2, 0.25) is 5.91 Å². The molecule has 5 heteroatoms. The lowest BCUT2D eigenvalue weighted by molar-refractivity contribution is -0.139. The van der Waals surface area contributed by atoms with Crippen molar-refractivity contribution in [3.8, 4) is 0 Å². The number of ether oxygens (including phenoxy) is 1. The van der Waals surface area contributed by atoms with Crippen LogP contribution in [0.15, 0.2) is 18.3 Å². The van der Waals surface area contributed by atoms with Crippen molar-refractivity contribution in [3.63, 3.8) is 0 Å². The van der Waals surface area contributed by atoms with Gasteiger partial charge in [0.25, 0.3) is 0 Å². The van der Waals surface area contributed by atoms with Crippen LogP contribution in [0.2, 0.25) is 0 Å². The van der Waals surface area contributed by atoms with Gasteiger partial charge in [-0.1, -0.05) is 6.07 Å². The average Bonchev–Trinajstić information content (AvgIpc) is 2.20. The van der Waals surface area contributed by atoms with E-state index in [1.807, 2.05) is 0 Å². The fourth-order valence-corrected chi connectivity index (χ4v) is 1.02. The zero-order valence-corrected chi connectivity index (χ0v) is 8.61. The molecule has 5 nitrogen and oxygen atoms in total. The van der Waals surface area contributed by atoms with Crippen LogP contribution in [0, 0.1) is 0 Å². The van der Waals surface area contributed by atoms with Crippen LogP contribution in [0.1, 0.15) is 12.5 Å². The van der Waals surface area contributed by atoms with Gasteiger partial charge in [-0.15, -0.1) is 0 Å². The number of amides is 1. The number of aromatic nitrogens is 1. The third-order valence-corrected chi connectivity index (χ3v) is 1.70. The van der Waals surface area contributed by atoms with Crippen LogP contribution in [0.5, 0.6) is 0 Å². The predicted molar refractivity (Wildman–Crippen MR) is 54.3 cm³/mol. The SMILES string of the molecule is COC(=O)Cc1ccc(NC(C)=O)nc1. The Labute approximate surface area is 87.5 Å². The lowest BCUT2D eigenvalue weighted by Crippen LogP contribution is -2.08. The smallest absolute Gasteiger partial charge is 0.310 e. The van der Waals surface area contributed by atoms with Crippen molar-refractivity contribution in [2.24, 2.45) is 0 Å². The molecule has 0 aliphatic carbocycles. The van der Waals surface area contributed by atoms with Crippen molar-refractivity contribution in [3.05, 3.63) is 23.9 Å². The minimum absolute atomic E-state index is 0.178. The van der Waals surface area contributed by atoms with Crippen LogP contribution >= 0.6 is 0 Å². The van der Waals surface area contributed by atoms with E-state index in [9.17, 15) is 9.59 Å². The second-order valence-corrected chi connectivity index (χ2v) is 2.99. The van der Waals surface area contributed by atoms with Crippen LogP contribution in [0.3, 0.4) is 0 Å². The molecule has 0 aliphatic rings. The first-order valence-electron chi connectivity index (χ1n) is 4.41. The minimum Gasteiger partial charge on any atom is -0.469 e. The molecule has 0 atom stereocenters. The number of methoxy groups -OCH3 is 1. The molecule has 0 bridgehead atoms. The van der Waals surface area contributed by atoms with Crippen LogP contribution in [-0.2, 0) is 20.7 Å². The van der Waals surface area contributed by atoms with Gasteiger partial charge in [-0.25, -0.2) is 4.98 Å². The van der Waals surface area contributed by atoms with E-state index in [0.29, 0.717) is 5.82 Å². The van der Waals surface area contributed by atoms with Gasteiger partial charge in [-0.3, -0.25) is 9.59 Å². The van der Waals surface area contributed by atoms with E-state index in [0.717, 1.165) is 5.56 Å². The molecule has 0 saturated heterocycles. The molecule has 1 aromatic rings. The highest BCUT2D eigenvalue weighted by atomic mass is 16.5. The van der Waals surface area contributed by atoms with E-state index in [2.05, 4.69) is 15.0 Å². The lowest BCUT2D eigenvalue weighted by atomic mass is 10.2. The zero-order valence-electron chi connectivity index (χ0n) is 8.61. The summed E-state index contributed by atoms with van der Waals surface area (Å²) in [7, 11) is 1.33. The zero-order chi connectivity index (χ0) is 11.3. The van der Waals surface area contributed by atoms with E-state index in [4.69, 9.17) is 0 Å². The molecule has 1 aromatic heterocycles. The molecule has 0 saturated carbocycles. The lowest BCUT2D eigenvalue weighted by Gasteiger charge is -2.02. The number of carbonyl (C=O) groups excluding carboxylic acids is 2. The highest BCUT2D eigenvalue weighted by Crippen LogP contribution is 2.05. The summed E-state index contributed by atoms with van der Waals surface area (Å²) >= 11 is 0. The molecule has 15 heavy (non-hydrogen) atoms. The average molecular weight is 208 g/mol. The Morgan fingerprint density at radius 2 is 2.20 bits per heavy atom. The molecule has 0 unspecified atom stereocenters. The molecule has 80 valence electrons. The Kier molecular flexibility index (Phi) is 3.79. The van der Waals surface area contributed by atoms with Crippen LogP contribution in [-0.4, -0.2) is 24.0 Å². The Hall–Kier alpha value is -1.91. The Morgan fingerprint density at radius 3 is 2.67 bits per heavy atom. The molecular formula is C10H12N2O3. The molecular weight excluding hydrogens is 196 g/mol. The standard InChI is InChI=1S/C10H12N2O3/c1-7(13)12-9-4-3-8(6-11-9)5-10(14)15-2/h3-4,6H,5H2,1-2H3,(H,11,12,13). The number of rotatable bonds is 3. The molecule has 0 aromatic carbocycles. The van der Waals surface area contributed by atoms with Crippen LogP contribution in [0.25, 0.3) is 0 Å².